The van der Waals surface area contributed by atoms with Gasteiger partial charge in [0.05, 0.1) is 2.88 Å². The van der Waals surface area contributed by atoms with Crippen LogP contribution in [0.25, 0.3) is 0 Å². The Morgan fingerprint density at radius 3 is 2.61 bits per heavy atom. The van der Waals surface area contributed by atoms with Gasteiger partial charge in [0.15, 0.2) is 5.96 Å². The first-order valence-electron chi connectivity index (χ1n) is 8.04. The lowest BCUT2D eigenvalue weighted by Crippen LogP contribution is -2.50. The van der Waals surface area contributed by atoms with Crippen LogP contribution in [-0.4, -0.2) is 49.6 Å². The molecule has 0 bridgehead atoms. The number of nitrogens with zero attached hydrogens (tertiary/aromatic N) is 2. The van der Waals surface area contributed by atoms with Gasteiger partial charge in [0.1, 0.15) is 0 Å². The number of rotatable bonds is 5. The fourth-order valence-corrected chi connectivity index (χ4v) is 4.49. The molecule has 0 amide bonds. The lowest BCUT2D eigenvalue weighted by Gasteiger charge is -2.35. The Kier molecular flexibility index (Phi) is 10.3. The SMILES string of the molecule is CN=C(NCCc1ccc(I)s1)NC1CCN(C(C)C)CC1.I. The van der Waals surface area contributed by atoms with Gasteiger partial charge in [-0.15, -0.1) is 35.3 Å². The van der Waals surface area contributed by atoms with E-state index < -0.39 is 0 Å². The molecule has 132 valence electrons. The summed E-state index contributed by atoms with van der Waals surface area (Å²) in [6, 6.07) is 5.60. The molecular formula is C16H28I2N4S. The zero-order valence-corrected chi connectivity index (χ0v) is 19.4. The summed E-state index contributed by atoms with van der Waals surface area (Å²) < 4.78 is 1.35. The van der Waals surface area contributed by atoms with Crippen LogP contribution >= 0.6 is 57.9 Å². The van der Waals surface area contributed by atoms with Crippen molar-refractivity contribution in [1.29, 1.82) is 0 Å². The van der Waals surface area contributed by atoms with Crippen molar-refractivity contribution in [3.8, 4) is 0 Å². The van der Waals surface area contributed by atoms with Crippen molar-refractivity contribution in [2.24, 2.45) is 4.99 Å². The fourth-order valence-electron chi connectivity index (χ4n) is 2.74. The normalized spacial score (nSPS) is 17.2. The summed E-state index contributed by atoms with van der Waals surface area (Å²) in [4.78, 5) is 8.33. The highest BCUT2D eigenvalue weighted by Crippen LogP contribution is 2.18. The van der Waals surface area contributed by atoms with E-state index in [1.54, 1.807) is 0 Å². The van der Waals surface area contributed by atoms with E-state index in [0.29, 0.717) is 12.1 Å². The molecule has 0 spiro atoms. The topological polar surface area (TPSA) is 39.7 Å². The quantitative estimate of drug-likeness (QED) is 0.328. The predicted molar refractivity (Wildman–Crippen MR) is 120 cm³/mol. The van der Waals surface area contributed by atoms with E-state index in [1.807, 2.05) is 18.4 Å². The molecule has 0 aromatic carbocycles. The first-order chi connectivity index (χ1) is 10.6. The number of guanidine groups is 1. The fraction of sp³-hybridized carbons (Fsp3) is 0.688. The number of hydrogen-bond acceptors (Lipinski definition) is 3. The molecule has 1 aromatic heterocycles. The minimum Gasteiger partial charge on any atom is -0.356 e. The lowest BCUT2D eigenvalue weighted by molar-refractivity contribution is 0.167. The highest BCUT2D eigenvalue weighted by Gasteiger charge is 2.21. The molecule has 2 heterocycles. The second-order valence-corrected chi connectivity index (χ2v) is 9.07. The van der Waals surface area contributed by atoms with E-state index >= 15 is 0 Å². The third kappa shape index (κ3) is 7.43. The molecule has 0 aliphatic carbocycles. The number of hydrogen-bond donors (Lipinski definition) is 2. The van der Waals surface area contributed by atoms with E-state index in [0.717, 1.165) is 18.9 Å². The van der Waals surface area contributed by atoms with Crippen LogP contribution in [0.2, 0.25) is 0 Å². The Balaban J connectivity index is 0.00000264. The summed E-state index contributed by atoms with van der Waals surface area (Å²) in [5, 5.41) is 7.01. The minimum atomic E-state index is 0. The summed E-state index contributed by atoms with van der Waals surface area (Å²) in [6.07, 6.45) is 3.45. The molecule has 4 nitrogen and oxygen atoms in total. The Morgan fingerprint density at radius 1 is 1.39 bits per heavy atom. The largest absolute Gasteiger partial charge is 0.356 e. The van der Waals surface area contributed by atoms with E-state index in [1.165, 1.54) is 33.7 Å². The van der Waals surface area contributed by atoms with Gasteiger partial charge in [-0.25, -0.2) is 0 Å². The van der Waals surface area contributed by atoms with E-state index in [9.17, 15) is 0 Å². The second kappa shape index (κ2) is 11.1. The van der Waals surface area contributed by atoms with Gasteiger partial charge in [0.2, 0.25) is 0 Å². The van der Waals surface area contributed by atoms with Crippen LogP contribution in [0.1, 0.15) is 31.6 Å². The first kappa shape index (κ1) is 21.4. The standard InChI is InChI=1S/C16H27IN4S.HI/c1-12(2)21-10-7-13(8-11-21)20-16(18-3)19-9-6-14-4-5-15(17)22-14;/h4-5,12-13H,6-11H2,1-3H3,(H2,18,19,20);1H. The molecule has 7 heteroatoms. The van der Waals surface area contributed by atoms with E-state index in [4.69, 9.17) is 0 Å². The van der Waals surface area contributed by atoms with Gasteiger partial charge >= 0.3 is 0 Å². The molecule has 0 atom stereocenters. The maximum absolute atomic E-state index is 4.36. The van der Waals surface area contributed by atoms with Crippen molar-refractivity contribution >= 4 is 63.9 Å². The van der Waals surface area contributed by atoms with Crippen molar-refractivity contribution in [3.63, 3.8) is 0 Å². The number of aliphatic imine (C=N–C) groups is 1. The van der Waals surface area contributed by atoms with Gasteiger partial charge in [0.25, 0.3) is 0 Å². The van der Waals surface area contributed by atoms with E-state index in [-0.39, 0.29) is 24.0 Å². The molecule has 23 heavy (non-hydrogen) atoms. The zero-order valence-electron chi connectivity index (χ0n) is 14.1. The van der Waals surface area contributed by atoms with Crippen molar-refractivity contribution in [1.82, 2.24) is 15.5 Å². The minimum absolute atomic E-state index is 0. The van der Waals surface area contributed by atoms with Crippen LogP contribution in [0.15, 0.2) is 17.1 Å². The molecule has 2 rings (SSSR count). The predicted octanol–water partition coefficient (Wildman–Crippen LogP) is 3.55. The van der Waals surface area contributed by atoms with Crippen molar-refractivity contribution < 1.29 is 0 Å². The van der Waals surface area contributed by atoms with Gasteiger partial charge in [0, 0.05) is 43.6 Å². The van der Waals surface area contributed by atoms with E-state index in [2.05, 4.69) is 69.1 Å². The van der Waals surface area contributed by atoms with Gasteiger partial charge in [-0.2, -0.15) is 0 Å². The maximum Gasteiger partial charge on any atom is 0.191 e. The Labute approximate surface area is 175 Å². The molecular weight excluding hydrogens is 534 g/mol. The van der Waals surface area contributed by atoms with Crippen LogP contribution < -0.4 is 10.6 Å². The first-order valence-corrected chi connectivity index (χ1v) is 9.93. The van der Waals surface area contributed by atoms with Crippen molar-refractivity contribution in [3.05, 3.63) is 19.9 Å². The van der Waals surface area contributed by atoms with Crippen LogP contribution in [0.5, 0.6) is 0 Å². The smallest absolute Gasteiger partial charge is 0.191 e. The summed E-state index contributed by atoms with van der Waals surface area (Å²) >= 11 is 4.24. The monoisotopic (exact) mass is 562 g/mol. The Bertz CT molecular complexity index is 482. The summed E-state index contributed by atoms with van der Waals surface area (Å²) in [5.74, 6) is 0.939. The van der Waals surface area contributed by atoms with Gasteiger partial charge in [-0.05, 0) is 67.8 Å². The van der Waals surface area contributed by atoms with Crippen LogP contribution in [0.4, 0.5) is 0 Å². The van der Waals surface area contributed by atoms with Crippen LogP contribution in [-0.2, 0) is 6.42 Å². The summed E-state index contributed by atoms with van der Waals surface area (Å²) in [6.45, 7) is 7.85. The van der Waals surface area contributed by atoms with Crippen LogP contribution in [0.3, 0.4) is 0 Å². The zero-order chi connectivity index (χ0) is 15.9. The molecule has 1 aliphatic heterocycles. The van der Waals surface area contributed by atoms with Gasteiger partial charge in [-0.3, -0.25) is 4.99 Å². The Hall–Kier alpha value is 0.390. The molecule has 1 fully saturated rings. The number of thiophene rings is 1. The number of likely N-dealkylation sites (tertiary alicyclic amines) is 1. The molecule has 0 radical (unpaired) electrons. The highest BCUT2D eigenvalue weighted by atomic mass is 127. The second-order valence-electron chi connectivity index (χ2n) is 6.00. The summed E-state index contributed by atoms with van der Waals surface area (Å²) in [5.41, 5.74) is 0. The average molecular weight is 562 g/mol. The third-order valence-electron chi connectivity index (χ3n) is 4.12. The number of halogens is 2. The molecule has 0 unspecified atom stereocenters. The molecule has 1 saturated heterocycles. The molecule has 1 aromatic rings. The Morgan fingerprint density at radius 2 is 2.09 bits per heavy atom. The summed E-state index contributed by atoms with van der Waals surface area (Å²) in [7, 11) is 1.85. The highest BCUT2D eigenvalue weighted by molar-refractivity contribution is 14.1. The molecule has 0 saturated carbocycles. The molecule has 1 aliphatic rings. The number of nitrogens with one attached hydrogen (secondary N) is 2. The van der Waals surface area contributed by atoms with Crippen LogP contribution in [0, 0.1) is 2.88 Å². The maximum atomic E-state index is 4.36. The third-order valence-corrected chi connectivity index (χ3v) is 6.07. The lowest BCUT2D eigenvalue weighted by atomic mass is 10.0. The van der Waals surface area contributed by atoms with Gasteiger partial charge in [-0.1, -0.05) is 0 Å². The average Bonchev–Trinajstić information content (AvgIpc) is 2.92. The van der Waals surface area contributed by atoms with Gasteiger partial charge < -0.3 is 15.5 Å². The van der Waals surface area contributed by atoms with Crippen molar-refractivity contribution in [2.45, 2.75) is 45.2 Å². The van der Waals surface area contributed by atoms with Crippen molar-refractivity contribution in [2.75, 3.05) is 26.7 Å². The number of piperidine rings is 1. The molecule has 2 N–H and O–H groups in total.